The Morgan fingerprint density at radius 2 is 1.11 bits per heavy atom. The van der Waals surface area contributed by atoms with Crippen molar-refractivity contribution in [3.63, 3.8) is 0 Å². The molecule has 0 heterocycles. The third-order valence-electron chi connectivity index (χ3n) is 7.71. The van der Waals surface area contributed by atoms with Crippen molar-refractivity contribution in [1.29, 1.82) is 0 Å². The average molecular weight is 667 g/mol. The number of hydrogen-bond acceptors (Lipinski definition) is 7. The van der Waals surface area contributed by atoms with E-state index in [2.05, 4.69) is 6.92 Å². The number of likely N-dealkylation sites (N-methyl/N-ethyl adjacent to an activating group) is 1. The largest absolute Gasteiger partial charge is 0.481 e. The van der Waals surface area contributed by atoms with Crippen LogP contribution in [0.2, 0.25) is 0 Å². The topological polar surface area (TPSA) is 129 Å². The highest BCUT2D eigenvalue weighted by molar-refractivity contribution is 7.47. The Hall–Kier alpha value is -1.03. The zero-order valence-corrected chi connectivity index (χ0v) is 30.2. The molecule has 2 N–H and O–H groups in total. The van der Waals surface area contributed by atoms with E-state index < -0.39 is 25.9 Å². The molecule has 0 radical (unpaired) electrons. The lowest BCUT2D eigenvalue weighted by molar-refractivity contribution is -0.870. The van der Waals surface area contributed by atoms with Crippen LogP contribution in [-0.4, -0.2) is 86.6 Å². The number of aliphatic carboxylic acids is 1. The minimum absolute atomic E-state index is 0.0632. The van der Waals surface area contributed by atoms with Crippen LogP contribution in [0.5, 0.6) is 0 Å². The first-order valence-electron chi connectivity index (χ1n) is 17.9. The molecule has 2 unspecified atom stereocenters. The fourth-order valence-electron chi connectivity index (χ4n) is 4.87. The molecule has 0 aromatic rings. The summed E-state index contributed by atoms with van der Waals surface area (Å²) in [6, 6.07) is 0. The minimum atomic E-state index is -4.29. The van der Waals surface area contributed by atoms with Gasteiger partial charge in [0.25, 0.3) is 0 Å². The molecule has 11 heteroatoms. The Kier molecular flexibility index (Phi) is 28.5. The molecule has 0 aliphatic rings. The maximum atomic E-state index is 12.5. The number of ether oxygens (including phenoxy) is 2. The van der Waals surface area contributed by atoms with E-state index in [-0.39, 0.29) is 32.7 Å². The summed E-state index contributed by atoms with van der Waals surface area (Å²) in [4.78, 5) is 33.2. The predicted molar refractivity (Wildman–Crippen MR) is 180 cm³/mol. The molecule has 2 atom stereocenters. The summed E-state index contributed by atoms with van der Waals surface area (Å²) in [7, 11) is 1.57. The van der Waals surface area contributed by atoms with Crippen LogP contribution in [-0.2, 0) is 32.7 Å². The average Bonchev–Trinajstić information content (AvgIpc) is 2.96. The number of quaternary nitrogens is 1. The molecule has 0 spiro atoms. The lowest BCUT2D eigenvalue weighted by atomic mass is 10.0. The molecule has 0 bridgehead atoms. The number of carboxylic acids is 1. The minimum Gasteiger partial charge on any atom is -0.481 e. The number of phosphoric acid groups is 1. The summed E-state index contributed by atoms with van der Waals surface area (Å²) >= 11 is 0. The normalized spacial score (nSPS) is 13.9. The Labute approximate surface area is 275 Å². The van der Waals surface area contributed by atoms with E-state index in [0.717, 1.165) is 38.5 Å². The molecule has 0 aromatic carbocycles. The highest BCUT2D eigenvalue weighted by atomic mass is 31.2. The van der Waals surface area contributed by atoms with Crippen LogP contribution in [0.4, 0.5) is 0 Å². The maximum Gasteiger partial charge on any atom is 0.472 e. The van der Waals surface area contributed by atoms with Crippen LogP contribution in [0.25, 0.3) is 0 Å². The van der Waals surface area contributed by atoms with Crippen molar-refractivity contribution in [2.24, 2.45) is 0 Å². The summed E-state index contributed by atoms with van der Waals surface area (Å²) in [5.41, 5.74) is 0. The molecule has 0 aliphatic carbocycles. The number of phosphoric ester groups is 1. The number of carbonyl (C=O) groups is 2. The third-order valence-corrected chi connectivity index (χ3v) is 8.69. The maximum absolute atomic E-state index is 12.5. The van der Waals surface area contributed by atoms with E-state index in [4.69, 9.17) is 23.6 Å². The van der Waals surface area contributed by atoms with E-state index in [1.807, 2.05) is 21.1 Å². The van der Waals surface area contributed by atoms with Gasteiger partial charge in [0.05, 0.1) is 34.4 Å². The van der Waals surface area contributed by atoms with Gasteiger partial charge in [-0.1, -0.05) is 116 Å². The van der Waals surface area contributed by atoms with Gasteiger partial charge in [0.2, 0.25) is 0 Å². The van der Waals surface area contributed by atoms with Gasteiger partial charge in [0.15, 0.2) is 0 Å². The molecule has 10 nitrogen and oxygen atoms in total. The number of carbonyl (C=O) groups excluding carboxylic acids is 1. The van der Waals surface area contributed by atoms with Crippen molar-refractivity contribution in [2.45, 2.75) is 154 Å². The van der Waals surface area contributed by atoms with Gasteiger partial charge < -0.3 is 24.0 Å². The fraction of sp³-hybridized carbons (Fsp3) is 0.941. The number of carboxylic acid groups (broad SMARTS) is 1. The summed E-state index contributed by atoms with van der Waals surface area (Å²) in [5.74, 6) is -1.17. The van der Waals surface area contributed by atoms with Gasteiger partial charge in [0, 0.05) is 19.4 Å². The molecular weight excluding hydrogens is 597 g/mol. The Balaban J connectivity index is 4.26. The van der Waals surface area contributed by atoms with E-state index in [1.165, 1.54) is 77.0 Å². The van der Waals surface area contributed by atoms with E-state index in [1.54, 1.807) is 0 Å². The Morgan fingerprint density at radius 1 is 0.644 bits per heavy atom. The van der Waals surface area contributed by atoms with E-state index >= 15 is 0 Å². The zero-order valence-electron chi connectivity index (χ0n) is 29.3. The molecular formula is C34H69NO9P+. The molecule has 0 aliphatic heterocycles. The third kappa shape index (κ3) is 34.1. The van der Waals surface area contributed by atoms with Crippen molar-refractivity contribution < 1.29 is 47.2 Å². The first kappa shape index (κ1) is 44.0. The van der Waals surface area contributed by atoms with Gasteiger partial charge in [-0.25, -0.2) is 4.57 Å². The summed E-state index contributed by atoms with van der Waals surface area (Å²) in [6.07, 6.45) is 22.5. The second-order valence-electron chi connectivity index (χ2n) is 13.4. The van der Waals surface area contributed by atoms with Gasteiger partial charge in [-0.15, -0.1) is 0 Å². The van der Waals surface area contributed by atoms with Crippen LogP contribution in [0.1, 0.15) is 148 Å². The molecule has 0 saturated heterocycles. The molecule has 0 rings (SSSR count). The van der Waals surface area contributed by atoms with Crippen LogP contribution in [0, 0.1) is 0 Å². The predicted octanol–water partition coefficient (Wildman–Crippen LogP) is 8.44. The van der Waals surface area contributed by atoms with Crippen molar-refractivity contribution in [3.05, 3.63) is 0 Å². The molecule has 0 saturated carbocycles. The molecule has 268 valence electrons. The Morgan fingerprint density at radius 3 is 1.60 bits per heavy atom. The second kappa shape index (κ2) is 29.1. The summed E-state index contributed by atoms with van der Waals surface area (Å²) in [5, 5.41) is 8.70. The highest BCUT2D eigenvalue weighted by Crippen LogP contribution is 2.43. The smallest absolute Gasteiger partial charge is 0.472 e. The lowest BCUT2D eigenvalue weighted by Crippen LogP contribution is -2.37. The van der Waals surface area contributed by atoms with Gasteiger partial charge in [0.1, 0.15) is 19.3 Å². The van der Waals surface area contributed by atoms with Crippen molar-refractivity contribution in [2.75, 3.05) is 54.1 Å². The van der Waals surface area contributed by atoms with Crippen molar-refractivity contribution in [1.82, 2.24) is 0 Å². The van der Waals surface area contributed by atoms with Crippen LogP contribution < -0.4 is 0 Å². The number of hydrogen-bond donors (Lipinski definition) is 2. The summed E-state index contributed by atoms with van der Waals surface area (Å²) < 4.78 is 34.5. The fourth-order valence-corrected chi connectivity index (χ4v) is 5.61. The molecule has 0 amide bonds. The van der Waals surface area contributed by atoms with Gasteiger partial charge in [-0.2, -0.15) is 0 Å². The molecule has 45 heavy (non-hydrogen) atoms. The Bertz CT molecular complexity index is 760. The van der Waals surface area contributed by atoms with Crippen molar-refractivity contribution in [3.8, 4) is 0 Å². The van der Waals surface area contributed by atoms with E-state index in [0.29, 0.717) is 30.5 Å². The molecule has 0 fully saturated rings. The van der Waals surface area contributed by atoms with Gasteiger partial charge >= 0.3 is 19.8 Å². The first-order chi connectivity index (χ1) is 21.4. The number of rotatable bonds is 34. The monoisotopic (exact) mass is 666 g/mol. The SMILES string of the molecule is CCCCCCCCCCCCCCCCOCC(COP(=O)(O)OCC[N+](C)(C)C)OC(=O)CCCCCCCCC(=O)O. The van der Waals surface area contributed by atoms with E-state index in [9.17, 15) is 19.0 Å². The van der Waals surface area contributed by atoms with Gasteiger partial charge in [-0.05, 0) is 19.3 Å². The van der Waals surface area contributed by atoms with Crippen LogP contribution in [0.3, 0.4) is 0 Å². The second-order valence-corrected chi connectivity index (χ2v) is 14.9. The highest BCUT2D eigenvalue weighted by Gasteiger charge is 2.26. The number of esters is 1. The van der Waals surface area contributed by atoms with Crippen LogP contribution in [0.15, 0.2) is 0 Å². The standard InChI is InChI=1S/C34H68NO9P/c1-5-6-7-8-9-10-11-12-13-14-15-18-21-24-28-41-30-32(31-43-45(39,40)42-29-27-35(2,3)4)44-34(38)26-23-20-17-16-19-22-25-33(36)37/h32H,5-31H2,1-4H3,(H-,36,37,39,40)/p+1. The number of unbranched alkanes of at least 4 members (excludes halogenated alkanes) is 18. The van der Waals surface area contributed by atoms with Crippen LogP contribution >= 0.6 is 7.82 Å². The van der Waals surface area contributed by atoms with Crippen molar-refractivity contribution >= 4 is 19.8 Å². The summed E-state index contributed by atoms with van der Waals surface area (Å²) in [6.45, 7) is 3.19. The quantitative estimate of drug-likeness (QED) is 0.0301. The zero-order chi connectivity index (χ0) is 33.7. The van der Waals surface area contributed by atoms with Gasteiger partial charge in [-0.3, -0.25) is 18.6 Å². The first-order valence-corrected chi connectivity index (χ1v) is 19.4. The lowest BCUT2D eigenvalue weighted by Gasteiger charge is -2.24. The molecule has 0 aromatic heterocycles. The number of nitrogens with zero attached hydrogens (tertiary/aromatic N) is 1.